The Labute approximate surface area is 121 Å². The van der Waals surface area contributed by atoms with Crippen molar-refractivity contribution in [3.63, 3.8) is 0 Å². The van der Waals surface area contributed by atoms with E-state index in [2.05, 4.69) is 10.2 Å². The van der Waals surface area contributed by atoms with E-state index in [-0.39, 0.29) is 22.2 Å². The average Bonchev–Trinajstić information content (AvgIpc) is 2.79. The molecule has 1 heterocycles. The van der Waals surface area contributed by atoms with Crippen molar-refractivity contribution in [2.45, 2.75) is 17.7 Å². The van der Waals surface area contributed by atoms with Crippen LogP contribution in [0.2, 0.25) is 0 Å². The molecule has 20 heavy (non-hydrogen) atoms. The number of halogens is 2. The number of nitrogens with one attached hydrogen (secondary N) is 1. The van der Waals surface area contributed by atoms with Gasteiger partial charge < -0.3 is 0 Å². The summed E-state index contributed by atoms with van der Waals surface area (Å²) in [6.07, 6.45) is 0. The smallest absolute Gasteiger partial charge is 0.267 e. The van der Waals surface area contributed by atoms with Crippen LogP contribution in [-0.2, 0) is 15.9 Å². The van der Waals surface area contributed by atoms with Gasteiger partial charge in [0.25, 0.3) is 10.0 Å². The highest BCUT2D eigenvalue weighted by molar-refractivity contribution is 7.92. The topological polar surface area (TPSA) is 66.1 Å². The Bertz CT molecular complexity index is 730. The lowest BCUT2D eigenvalue weighted by Crippen LogP contribution is -2.27. The zero-order chi connectivity index (χ0) is 14.9. The molecule has 0 saturated carbocycles. The summed E-state index contributed by atoms with van der Waals surface area (Å²) in [5.74, 6) is -0.540. The molecule has 1 aromatic carbocycles. The van der Waals surface area contributed by atoms with Crippen molar-refractivity contribution in [1.29, 1.82) is 0 Å². The number of alkyl halides is 1. The maximum Gasteiger partial charge on any atom is 0.267 e. The predicted molar refractivity (Wildman–Crippen MR) is 74.9 cm³/mol. The zero-order valence-electron chi connectivity index (χ0n) is 10.9. The highest BCUT2D eigenvalue weighted by Crippen LogP contribution is 2.26. The zero-order valence-corrected chi connectivity index (χ0v) is 12.5. The minimum Gasteiger partial charge on any atom is -0.281 e. The van der Waals surface area contributed by atoms with Crippen LogP contribution in [0.3, 0.4) is 0 Å². The molecule has 0 saturated heterocycles. The molecule has 2 rings (SSSR count). The molecule has 1 N–H and O–H groups in total. The first-order chi connectivity index (χ1) is 9.37. The highest BCUT2D eigenvalue weighted by atomic mass is 35.5. The van der Waals surface area contributed by atoms with E-state index in [4.69, 9.17) is 11.6 Å². The van der Waals surface area contributed by atoms with Gasteiger partial charge in [0.1, 0.15) is 10.7 Å². The number of aromatic amines is 1. The van der Waals surface area contributed by atoms with Crippen LogP contribution in [0.25, 0.3) is 0 Å². The van der Waals surface area contributed by atoms with Gasteiger partial charge in [0.2, 0.25) is 0 Å². The van der Waals surface area contributed by atoms with Crippen molar-refractivity contribution in [2.24, 2.45) is 0 Å². The lowest BCUT2D eigenvalue weighted by atomic mass is 10.3. The van der Waals surface area contributed by atoms with E-state index >= 15 is 0 Å². The van der Waals surface area contributed by atoms with Gasteiger partial charge in [0.15, 0.2) is 0 Å². The van der Waals surface area contributed by atoms with Crippen molar-refractivity contribution in [3.05, 3.63) is 41.5 Å². The summed E-state index contributed by atoms with van der Waals surface area (Å²) in [5.41, 5.74) is 0.863. The molecule has 0 fully saturated rings. The third-order valence-corrected chi connectivity index (χ3v) is 5.12. The third-order valence-electron chi connectivity index (χ3n) is 2.88. The van der Waals surface area contributed by atoms with E-state index in [0.717, 1.165) is 10.4 Å². The molecule has 2 aromatic rings. The Morgan fingerprint density at radius 2 is 2.15 bits per heavy atom. The second-order valence-corrected chi connectivity index (χ2v) is 6.38. The fourth-order valence-corrected chi connectivity index (χ4v) is 3.64. The summed E-state index contributed by atoms with van der Waals surface area (Å²) < 4.78 is 39.4. The second-order valence-electron chi connectivity index (χ2n) is 4.21. The number of rotatable bonds is 4. The van der Waals surface area contributed by atoms with Crippen LogP contribution >= 0.6 is 11.6 Å². The summed E-state index contributed by atoms with van der Waals surface area (Å²) in [6, 6.07) is 5.35. The van der Waals surface area contributed by atoms with Gasteiger partial charge in [-0.05, 0) is 25.1 Å². The Morgan fingerprint density at radius 1 is 1.45 bits per heavy atom. The lowest BCUT2D eigenvalue weighted by molar-refractivity contribution is 0.592. The van der Waals surface area contributed by atoms with Crippen LogP contribution < -0.4 is 4.31 Å². The van der Waals surface area contributed by atoms with E-state index in [0.29, 0.717) is 5.69 Å². The summed E-state index contributed by atoms with van der Waals surface area (Å²) >= 11 is 5.70. The molecule has 0 aliphatic rings. The largest absolute Gasteiger partial charge is 0.281 e. The summed E-state index contributed by atoms with van der Waals surface area (Å²) in [4.78, 5) is 0.0271. The molecule has 1 aromatic heterocycles. The SMILES string of the molecule is Cc1[nH]nc(CCl)c1S(=O)(=O)N(C)c1cccc(F)c1. The van der Waals surface area contributed by atoms with Crippen molar-refractivity contribution < 1.29 is 12.8 Å². The normalized spacial score (nSPS) is 11.6. The van der Waals surface area contributed by atoms with Crippen LogP contribution in [-0.4, -0.2) is 25.7 Å². The number of hydrogen-bond acceptors (Lipinski definition) is 3. The molecular weight excluding hydrogens is 305 g/mol. The minimum atomic E-state index is -3.85. The molecule has 108 valence electrons. The fraction of sp³-hybridized carbons (Fsp3) is 0.250. The molecule has 0 aliphatic carbocycles. The first-order valence-electron chi connectivity index (χ1n) is 5.72. The number of aryl methyl sites for hydroxylation is 1. The molecule has 0 atom stereocenters. The monoisotopic (exact) mass is 317 g/mol. The van der Waals surface area contributed by atoms with E-state index < -0.39 is 15.8 Å². The third kappa shape index (κ3) is 2.51. The van der Waals surface area contributed by atoms with Crippen LogP contribution in [0.15, 0.2) is 29.2 Å². The molecule has 0 amide bonds. The van der Waals surface area contributed by atoms with Crippen molar-refractivity contribution in [3.8, 4) is 0 Å². The maximum atomic E-state index is 13.2. The van der Waals surface area contributed by atoms with Gasteiger partial charge in [-0.25, -0.2) is 12.8 Å². The van der Waals surface area contributed by atoms with Crippen LogP contribution in [0.5, 0.6) is 0 Å². The molecule has 0 radical (unpaired) electrons. The Kier molecular flexibility index (Phi) is 4.01. The number of sulfonamides is 1. The number of anilines is 1. The van der Waals surface area contributed by atoms with Crippen molar-refractivity contribution in [2.75, 3.05) is 11.4 Å². The summed E-state index contributed by atoms with van der Waals surface area (Å²) in [6.45, 7) is 1.59. The van der Waals surface area contributed by atoms with E-state index in [1.807, 2.05) is 0 Å². The molecule has 0 bridgehead atoms. The lowest BCUT2D eigenvalue weighted by Gasteiger charge is -2.19. The van der Waals surface area contributed by atoms with Crippen LogP contribution in [0.4, 0.5) is 10.1 Å². The standard InChI is InChI=1S/C12H13ClFN3O2S/c1-8-12(11(7-13)16-15-8)20(18,19)17(2)10-5-3-4-9(14)6-10/h3-6H,7H2,1-2H3,(H,15,16). The first-order valence-corrected chi connectivity index (χ1v) is 7.69. The highest BCUT2D eigenvalue weighted by Gasteiger charge is 2.28. The van der Waals surface area contributed by atoms with Gasteiger partial charge in [0.05, 0.1) is 23.0 Å². The minimum absolute atomic E-state index is 0.0271. The van der Waals surface area contributed by atoms with E-state index in [1.165, 1.54) is 25.2 Å². The van der Waals surface area contributed by atoms with Gasteiger partial charge in [0, 0.05) is 7.05 Å². The van der Waals surface area contributed by atoms with Gasteiger partial charge in [-0.2, -0.15) is 5.10 Å². The number of aromatic nitrogens is 2. The van der Waals surface area contributed by atoms with Crippen LogP contribution in [0.1, 0.15) is 11.4 Å². The molecule has 0 unspecified atom stereocenters. The van der Waals surface area contributed by atoms with E-state index in [1.54, 1.807) is 6.92 Å². The van der Waals surface area contributed by atoms with Gasteiger partial charge in [-0.1, -0.05) is 6.07 Å². The molecule has 0 spiro atoms. The Morgan fingerprint density at radius 3 is 2.75 bits per heavy atom. The van der Waals surface area contributed by atoms with Crippen LogP contribution in [0, 0.1) is 12.7 Å². The second kappa shape index (κ2) is 5.41. The summed E-state index contributed by atoms with van der Waals surface area (Å²) in [5, 5.41) is 6.45. The molecule has 0 aliphatic heterocycles. The average molecular weight is 318 g/mol. The number of hydrogen-bond donors (Lipinski definition) is 1. The van der Waals surface area contributed by atoms with Crippen molar-refractivity contribution >= 4 is 27.3 Å². The number of nitrogens with zero attached hydrogens (tertiary/aromatic N) is 2. The summed E-state index contributed by atoms with van der Waals surface area (Å²) in [7, 11) is -2.49. The Hall–Kier alpha value is -1.60. The van der Waals surface area contributed by atoms with Gasteiger partial charge in [-0.3, -0.25) is 9.40 Å². The number of H-pyrrole nitrogens is 1. The van der Waals surface area contributed by atoms with Gasteiger partial charge >= 0.3 is 0 Å². The quantitative estimate of drug-likeness (QED) is 0.881. The molecule has 8 heteroatoms. The van der Waals surface area contributed by atoms with E-state index in [9.17, 15) is 12.8 Å². The molecule has 5 nitrogen and oxygen atoms in total. The Balaban J connectivity index is 2.52. The number of benzene rings is 1. The first kappa shape index (κ1) is 14.8. The fourth-order valence-electron chi connectivity index (χ4n) is 1.85. The van der Waals surface area contributed by atoms with Crippen molar-refractivity contribution in [1.82, 2.24) is 10.2 Å². The maximum absolute atomic E-state index is 13.2. The molecular formula is C12H13ClFN3O2S. The predicted octanol–water partition coefficient (Wildman–Crippen LogP) is 2.42. The van der Waals surface area contributed by atoms with Gasteiger partial charge in [-0.15, -0.1) is 11.6 Å².